The van der Waals surface area contributed by atoms with Gasteiger partial charge in [0.2, 0.25) is 10.9 Å². The SMILES string of the molecule is C[S+]=P(O)(S)OSC(C)(C)C. The lowest BCUT2D eigenvalue weighted by Crippen LogP contribution is -2.06. The first-order valence-corrected chi connectivity index (χ1v) is 8.43. The highest BCUT2D eigenvalue weighted by molar-refractivity contribution is 8.63. The van der Waals surface area contributed by atoms with Crippen LogP contribution in [0, 0.1) is 0 Å². The summed E-state index contributed by atoms with van der Waals surface area (Å²) in [6.07, 6.45) is 1.78. The number of rotatable bonds is 2. The Balaban J connectivity index is 3.91. The van der Waals surface area contributed by atoms with Gasteiger partial charge in [-0.1, -0.05) is 0 Å². The highest BCUT2D eigenvalue weighted by Gasteiger charge is 2.25. The molecule has 0 spiro atoms. The molecule has 6 heteroatoms. The molecule has 0 aromatic rings. The van der Waals surface area contributed by atoms with Crippen LogP contribution >= 0.6 is 30.0 Å². The minimum Gasteiger partial charge on any atom is -0.303 e. The van der Waals surface area contributed by atoms with Crippen molar-refractivity contribution < 1.29 is 8.86 Å². The van der Waals surface area contributed by atoms with Gasteiger partial charge >= 0.3 is 5.69 Å². The molecule has 0 aromatic carbocycles. The molecule has 0 rings (SSSR count). The van der Waals surface area contributed by atoms with Crippen LogP contribution in [0.1, 0.15) is 20.8 Å². The minimum absolute atomic E-state index is 0.00639. The Morgan fingerprint density at radius 3 is 2.27 bits per heavy atom. The topological polar surface area (TPSA) is 29.5 Å². The standard InChI is InChI=1S/C5H14O2PS3/c1-5(2,3)11-7-8(6,9)10-4/h6,9H,1-4H3/q+1. The molecule has 0 heterocycles. The second kappa shape index (κ2) is 4.49. The van der Waals surface area contributed by atoms with E-state index in [9.17, 15) is 4.89 Å². The smallest absolute Gasteiger partial charge is 0.303 e. The molecule has 11 heavy (non-hydrogen) atoms. The van der Waals surface area contributed by atoms with E-state index in [1.54, 1.807) is 6.26 Å². The van der Waals surface area contributed by atoms with Gasteiger partial charge in [0.1, 0.15) is 0 Å². The van der Waals surface area contributed by atoms with Crippen LogP contribution in [-0.4, -0.2) is 15.9 Å². The van der Waals surface area contributed by atoms with Gasteiger partial charge in [-0.25, -0.2) is 3.97 Å². The van der Waals surface area contributed by atoms with Crippen LogP contribution in [0.25, 0.3) is 0 Å². The predicted octanol–water partition coefficient (Wildman–Crippen LogP) is 2.76. The van der Waals surface area contributed by atoms with Crippen LogP contribution in [-0.2, 0) is 14.9 Å². The molecular weight excluding hydrogens is 219 g/mol. The lowest BCUT2D eigenvalue weighted by molar-refractivity contribution is 0.536. The molecule has 1 N–H and O–H groups in total. The van der Waals surface area contributed by atoms with Crippen molar-refractivity contribution in [3.05, 3.63) is 0 Å². The Morgan fingerprint density at radius 1 is 1.55 bits per heavy atom. The van der Waals surface area contributed by atoms with Crippen molar-refractivity contribution in [2.45, 2.75) is 25.5 Å². The van der Waals surface area contributed by atoms with E-state index < -0.39 is 5.69 Å². The second-order valence-electron chi connectivity index (χ2n) is 2.94. The van der Waals surface area contributed by atoms with Gasteiger partial charge in [-0.2, -0.15) is 0 Å². The molecule has 1 unspecified atom stereocenters. The van der Waals surface area contributed by atoms with Crippen molar-refractivity contribution in [1.29, 1.82) is 0 Å². The monoisotopic (exact) mass is 233 g/mol. The molecule has 0 aliphatic carbocycles. The lowest BCUT2D eigenvalue weighted by atomic mass is 10.3. The highest BCUT2D eigenvalue weighted by Crippen LogP contribution is 2.54. The summed E-state index contributed by atoms with van der Waals surface area (Å²) in [7, 11) is 1.26. The summed E-state index contributed by atoms with van der Waals surface area (Å²) in [5, 5.41) is 0. The van der Waals surface area contributed by atoms with Crippen LogP contribution in [0.2, 0.25) is 0 Å². The van der Waals surface area contributed by atoms with E-state index in [0.29, 0.717) is 0 Å². The Kier molecular flexibility index (Phi) is 5.01. The molecule has 0 bridgehead atoms. The molecular formula is C5H14O2PS3+. The summed E-state index contributed by atoms with van der Waals surface area (Å²) in [4.78, 5) is 9.38. The number of thiol groups is 1. The first-order valence-electron chi connectivity index (χ1n) is 3.04. The summed E-state index contributed by atoms with van der Waals surface area (Å²) < 4.78 is 5.16. The third-order valence-electron chi connectivity index (χ3n) is 0.622. The van der Waals surface area contributed by atoms with Crippen LogP contribution in [0.5, 0.6) is 0 Å². The molecule has 2 nitrogen and oxygen atoms in total. The molecule has 0 amide bonds. The summed E-state index contributed by atoms with van der Waals surface area (Å²) >= 11 is 5.25. The molecule has 0 saturated heterocycles. The Labute approximate surface area is 81.6 Å². The number of hydrogen-bond acceptors (Lipinski definition) is 2. The van der Waals surface area contributed by atoms with Gasteiger partial charge < -0.3 is 4.89 Å². The Morgan fingerprint density at radius 2 is 2.00 bits per heavy atom. The predicted molar refractivity (Wildman–Crippen MR) is 59.8 cm³/mol. The molecule has 0 fully saturated rings. The Bertz CT molecular complexity index is 169. The van der Waals surface area contributed by atoms with Crippen molar-refractivity contribution in [2.24, 2.45) is 0 Å². The summed E-state index contributed by atoms with van der Waals surface area (Å²) in [5.41, 5.74) is -2.45. The molecule has 1 atom stereocenters. The first-order chi connectivity index (χ1) is 4.77. The zero-order valence-corrected chi connectivity index (χ0v) is 10.5. The molecule has 0 aliphatic rings. The van der Waals surface area contributed by atoms with Gasteiger partial charge in [-0.15, -0.1) is 0 Å². The van der Waals surface area contributed by atoms with E-state index in [1.165, 1.54) is 23.0 Å². The van der Waals surface area contributed by atoms with Crippen molar-refractivity contribution in [3.63, 3.8) is 0 Å². The molecule has 0 saturated carbocycles. The zero-order chi connectivity index (χ0) is 9.12. The average Bonchev–Trinajstić information content (AvgIpc) is 1.83. The molecule has 0 aromatic heterocycles. The third kappa shape index (κ3) is 7.62. The van der Waals surface area contributed by atoms with Gasteiger partial charge in [0.15, 0.2) is 6.26 Å². The quantitative estimate of drug-likeness (QED) is 0.333. The van der Waals surface area contributed by atoms with Crippen LogP contribution in [0.4, 0.5) is 0 Å². The highest BCUT2D eigenvalue weighted by atomic mass is 32.9. The molecule has 0 radical (unpaired) electrons. The lowest BCUT2D eigenvalue weighted by Gasteiger charge is -2.15. The van der Waals surface area contributed by atoms with Gasteiger partial charge in [0, 0.05) is 16.8 Å². The van der Waals surface area contributed by atoms with Crippen molar-refractivity contribution in [2.75, 3.05) is 6.26 Å². The second-order valence-corrected chi connectivity index (χ2v) is 11.3. The third-order valence-corrected chi connectivity index (χ3v) is 6.72. The van der Waals surface area contributed by atoms with Crippen LogP contribution < -0.4 is 0 Å². The fourth-order valence-electron chi connectivity index (χ4n) is 0.191. The van der Waals surface area contributed by atoms with Crippen molar-refractivity contribution in [3.8, 4) is 0 Å². The fourth-order valence-corrected chi connectivity index (χ4v) is 2.84. The largest absolute Gasteiger partial charge is 0.440 e. The molecule has 0 aliphatic heterocycles. The fraction of sp³-hybridized carbons (Fsp3) is 1.00. The maximum absolute atomic E-state index is 9.38. The van der Waals surface area contributed by atoms with Gasteiger partial charge in [-0.05, 0) is 33.0 Å². The van der Waals surface area contributed by atoms with Gasteiger partial charge in [-0.3, -0.25) is 0 Å². The Hall–Kier alpha value is 1.27. The summed E-state index contributed by atoms with van der Waals surface area (Å²) in [6, 6.07) is 0. The maximum Gasteiger partial charge on any atom is 0.440 e. The average molecular weight is 233 g/mol. The summed E-state index contributed by atoms with van der Waals surface area (Å²) in [6.45, 7) is 6.06. The summed E-state index contributed by atoms with van der Waals surface area (Å²) in [5.74, 6) is 0. The zero-order valence-electron chi connectivity index (χ0n) is 7.07. The molecule has 68 valence electrons. The number of hydrogen-bond donors (Lipinski definition) is 2. The van der Waals surface area contributed by atoms with E-state index in [2.05, 4.69) is 12.2 Å². The van der Waals surface area contributed by atoms with E-state index in [4.69, 9.17) is 3.97 Å². The van der Waals surface area contributed by atoms with E-state index in [0.717, 1.165) is 0 Å². The van der Waals surface area contributed by atoms with Crippen molar-refractivity contribution in [1.82, 2.24) is 0 Å². The van der Waals surface area contributed by atoms with Gasteiger partial charge in [0.05, 0.1) is 0 Å². The van der Waals surface area contributed by atoms with Gasteiger partial charge in [0.25, 0.3) is 0 Å². The maximum atomic E-state index is 9.38. The van der Waals surface area contributed by atoms with E-state index >= 15 is 0 Å². The van der Waals surface area contributed by atoms with E-state index in [-0.39, 0.29) is 4.75 Å². The van der Waals surface area contributed by atoms with Crippen LogP contribution in [0.15, 0.2) is 0 Å². The van der Waals surface area contributed by atoms with E-state index in [1.807, 2.05) is 20.8 Å². The normalized spacial score (nSPS) is 17.6. The first kappa shape index (κ1) is 12.3. The van der Waals surface area contributed by atoms with Crippen molar-refractivity contribution >= 4 is 40.9 Å². The van der Waals surface area contributed by atoms with Crippen LogP contribution in [0.3, 0.4) is 0 Å². The minimum atomic E-state index is -2.45.